The van der Waals surface area contributed by atoms with Gasteiger partial charge in [0.15, 0.2) is 6.61 Å². The third kappa shape index (κ3) is 5.61. The number of nitrogens with one attached hydrogen (secondary N) is 1. The molecule has 10 nitrogen and oxygen atoms in total. The molecule has 0 saturated heterocycles. The van der Waals surface area contributed by atoms with Crippen molar-refractivity contribution in [1.82, 2.24) is 0 Å². The molecule has 0 aliphatic rings. The number of hydrogen-bond acceptors (Lipinski definition) is 9. The Morgan fingerprint density at radius 3 is 2.28 bits per heavy atom. The van der Waals surface area contributed by atoms with Crippen LogP contribution in [0.25, 0.3) is 0 Å². The van der Waals surface area contributed by atoms with E-state index in [1.54, 1.807) is 40.7 Å². The Morgan fingerprint density at radius 1 is 1.06 bits per heavy atom. The molecular weight excluding hydrogens is 440 g/mol. The molecule has 2 rings (SSSR count). The van der Waals surface area contributed by atoms with Crippen LogP contribution in [0.4, 0.5) is 10.7 Å². The second-order valence-electron chi connectivity index (χ2n) is 6.73. The molecule has 0 radical (unpaired) electrons. The maximum absolute atomic E-state index is 12.5. The monoisotopic (exact) mass is 464 g/mol. The molecule has 172 valence electrons. The van der Waals surface area contributed by atoms with Crippen LogP contribution in [0.1, 0.15) is 50.6 Å². The number of carbonyl (C=O) groups is 3. The lowest BCUT2D eigenvalue weighted by atomic mass is 10.1. The minimum absolute atomic E-state index is 0.0176. The Kier molecular flexibility index (Phi) is 8.30. The van der Waals surface area contributed by atoms with E-state index >= 15 is 0 Å². The fraction of sp³-hybridized carbons (Fsp3) is 0.381. The molecule has 1 aromatic carbocycles. The van der Waals surface area contributed by atoms with E-state index in [1.807, 2.05) is 0 Å². The van der Waals surface area contributed by atoms with Gasteiger partial charge in [0.05, 0.1) is 23.7 Å². The molecule has 0 spiro atoms. The molecule has 1 heterocycles. The standard InChI is InChI=1S/C21H24N2O8S/c1-6-29-20(25)16-13(5)18(21(26)30-7-2)32-19(16)22-15(24)10-31-17-12(4)8-11(3)9-14(17)23(27)28/h8-9H,6-7,10H2,1-5H3,(H,22,24). The topological polar surface area (TPSA) is 134 Å². The van der Waals surface area contributed by atoms with E-state index in [2.05, 4.69) is 5.32 Å². The minimum Gasteiger partial charge on any atom is -0.477 e. The van der Waals surface area contributed by atoms with Crippen LogP contribution in [-0.2, 0) is 14.3 Å². The summed E-state index contributed by atoms with van der Waals surface area (Å²) >= 11 is 0.880. The Morgan fingerprint density at radius 2 is 1.69 bits per heavy atom. The smallest absolute Gasteiger partial charge is 0.348 e. The molecule has 11 heteroatoms. The number of ether oxygens (including phenoxy) is 3. The fourth-order valence-electron chi connectivity index (χ4n) is 3.00. The first kappa shape index (κ1) is 24.8. The van der Waals surface area contributed by atoms with Crippen molar-refractivity contribution in [1.29, 1.82) is 0 Å². The van der Waals surface area contributed by atoms with E-state index < -0.39 is 29.4 Å². The number of amides is 1. The van der Waals surface area contributed by atoms with Gasteiger partial charge in [-0.15, -0.1) is 11.3 Å². The molecule has 0 fully saturated rings. The summed E-state index contributed by atoms with van der Waals surface area (Å²) < 4.78 is 15.5. The summed E-state index contributed by atoms with van der Waals surface area (Å²) in [5.41, 5.74) is 1.32. The number of hydrogen-bond donors (Lipinski definition) is 1. The molecule has 0 saturated carbocycles. The Bertz CT molecular complexity index is 1060. The summed E-state index contributed by atoms with van der Waals surface area (Å²) in [5, 5.41) is 14.0. The summed E-state index contributed by atoms with van der Waals surface area (Å²) in [6.07, 6.45) is 0. The number of rotatable bonds is 9. The van der Waals surface area contributed by atoms with Gasteiger partial charge in [-0.25, -0.2) is 9.59 Å². The van der Waals surface area contributed by atoms with Crippen LogP contribution in [0.5, 0.6) is 5.75 Å². The van der Waals surface area contributed by atoms with Gasteiger partial charge >= 0.3 is 17.6 Å². The van der Waals surface area contributed by atoms with Crippen LogP contribution in [0.3, 0.4) is 0 Å². The van der Waals surface area contributed by atoms with E-state index in [4.69, 9.17) is 14.2 Å². The lowest BCUT2D eigenvalue weighted by Crippen LogP contribution is -2.21. The van der Waals surface area contributed by atoms with Crippen molar-refractivity contribution in [2.45, 2.75) is 34.6 Å². The maximum Gasteiger partial charge on any atom is 0.348 e. The lowest BCUT2D eigenvalue weighted by molar-refractivity contribution is -0.385. The Balaban J connectivity index is 2.28. The Labute approximate surface area is 188 Å². The molecule has 1 amide bonds. The number of nitrogens with zero attached hydrogens (tertiary/aromatic N) is 1. The predicted molar refractivity (Wildman–Crippen MR) is 118 cm³/mol. The first-order valence-electron chi connectivity index (χ1n) is 9.76. The number of anilines is 1. The van der Waals surface area contributed by atoms with E-state index in [-0.39, 0.29) is 40.1 Å². The molecule has 2 aromatic rings. The normalized spacial score (nSPS) is 10.4. The van der Waals surface area contributed by atoms with E-state index in [1.165, 1.54) is 6.07 Å². The van der Waals surface area contributed by atoms with Crippen molar-refractivity contribution >= 4 is 39.9 Å². The summed E-state index contributed by atoms with van der Waals surface area (Å²) in [6.45, 7) is 7.91. The second kappa shape index (κ2) is 10.7. The van der Waals surface area contributed by atoms with Gasteiger partial charge in [0.1, 0.15) is 9.88 Å². The SMILES string of the molecule is CCOC(=O)c1sc(NC(=O)COc2c(C)cc(C)cc2[N+](=O)[O-])c(C(=O)OCC)c1C. The fourth-order valence-corrected chi connectivity index (χ4v) is 4.10. The highest BCUT2D eigenvalue weighted by atomic mass is 32.1. The molecule has 1 N–H and O–H groups in total. The third-order valence-corrected chi connectivity index (χ3v) is 5.47. The van der Waals surface area contributed by atoms with Crippen molar-refractivity contribution in [3.8, 4) is 5.75 Å². The van der Waals surface area contributed by atoms with Crippen LogP contribution >= 0.6 is 11.3 Å². The molecule has 32 heavy (non-hydrogen) atoms. The summed E-state index contributed by atoms with van der Waals surface area (Å²) in [4.78, 5) is 48.1. The number of nitro benzene ring substituents is 1. The van der Waals surface area contributed by atoms with Crippen molar-refractivity contribution in [2.24, 2.45) is 0 Å². The average Bonchev–Trinajstić information content (AvgIpc) is 3.02. The zero-order chi connectivity index (χ0) is 24.0. The molecule has 0 unspecified atom stereocenters. The zero-order valence-corrected chi connectivity index (χ0v) is 19.2. The van der Waals surface area contributed by atoms with Crippen molar-refractivity contribution in [3.05, 3.63) is 49.4 Å². The van der Waals surface area contributed by atoms with E-state index in [9.17, 15) is 24.5 Å². The molecular formula is C21H24N2O8S. The second-order valence-corrected chi connectivity index (χ2v) is 7.75. The highest BCUT2D eigenvalue weighted by Crippen LogP contribution is 2.35. The summed E-state index contributed by atoms with van der Waals surface area (Å²) in [6, 6.07) is 3.06. The number of nitro groups is 1. The van der Waals surface area contributed by atoms with Crippen LogP contribution in [0, 0.1) is 30.9 Å². The van der Waals surface area contributed by atoms with Crippen molar-refractivity contribution in [3.63, 3.8) is 0 Å². The largest absolute Gasteiger partial charge is 0.477 e. The van der Waals surface area contributed by atoms with E-state index in [0.29, 0.717) is 16.7 Å². The third-order valence-electron chi connectivity index (χ3n) is 4.28. The van der Waals surface area contributed by atoms with E-state index in [0.717, 1.165) is 11.3 Å². The molecule has 0 aliphatic carbocycles. The average molecular weight is 464 g/mol. The Hall–Kier alpha value is -3.47. The molecule has 0 atom stereocenters. The number of carbonyl (C=O) groups excluding carboxylic acids is 3. The van der Waals surface area contributed by atoms with Crippen LogP contribution in [0.2, 0.25) is 0 Å². The van der Waals surface area contributed by atoms with Crippen LogP contribution < -0.4 is 10.1 Å². The van der Waals surface area contributed by atoms with Crippen LogP contribution in [0.15, 0.2) is 12.1 Å². The van der Waals surface area contributed by atoms with Crippen LogP contribution in [-0.4, -0.2) is 42.6 Å². The zero-order valence-electron chi connectivity index (χ0n) is 18.4. The maximum atomic E-state index is 12.5. The number of esters is 2. The van der Waals surface area contributed by atoms with Gasteiger partial charge in [0.2, 0.25) is 5.75 Å². The quantitative estimate of drug-likeness (QED) is 0.335. The lowest BCUT2D eigenvalue weighted by Gasteiger charge is -2.11. The predicted octanol–water partition coefficient (Wildman–Crippen LogP) is 3.95. The van der Waals surface area contributed by atoms with Gasteiger partial charge in [0, 0.05) is 6.07 Å². The molecule has 0 bridgehead atoms. The van der Waals surface area contributed by atoms with Gasteiger partial charge in [-0.05, 0) is 51.3 Å². The highest BCUT2D eigenvalue weighted by molar-refractivity contribution is 7.18. The van der Waals surface area contributed by atoms with Crippen molar-refractivity contribution < 1.29 is 33.5 Å². The summed E-state index contributed by atoms with van der Waals surface area (Å²) in [7, 11) is 0. The number of thiophene rings is 1. The van der Waals surface area contributed by atoms with Gasteiger partial charge in [-0.3, -0.25) is 14.9 Å². The van der Waals surface area contributed by atoms with Gasteiger partial charge in [0.25, 0.3) is 5.91 Å². The van der Waals surface area contributed by atoms with Gasteiger partial charge in [-0.1, -0.05) is 6.07 Å². The van der Waals surface area contributed by atoms with Gasteiger partial charge in [-0.2, -0.15) is 0 Å². The minimum atomic E-state index is -0.696. The molecule has 1 aromatic heterocycles. The highest BCUT2D eigenvalue weighted by Gasteiger charge is 2.28. The molecule has 0 aliphatic heterocycles. The van der Waals surface area contributed by atoms with Gasteiger partial charge < -0.3 is 19.5 Å². The summed E-state index contributed by atoms with van der Waals surface area (Å²) in [5.74, 6) is -2.00. The first-order valence-corrected chi connectivity index (χ1v) is 10.6. The van der Waals surface area contributed by atoms with Crippen molar-refractivity contribution in [2.75, 3.05) is 25.1 Å². The first-order chi connectivity index (χ1) is 15.1. The number of aryl methyl sites for hydroxylation is 2. The number of benzene rings is 1.